The topological polar surface area (TPSA) is 101 Å². The molecule has 3 rings (SSSR count). The first kappa shape index (κ1) is 19.5. The van der Waals surface area contributed by atoms with Crippen LogP contribution in [0.15, 0.2) is 47.3 Å². The van der Waals surface area contributed by atoms with E-state index in [1.54, 1.807) is 24.3 Å². The first-order chi connectivity index (χ1) is 13.3. The highest BCUT2D eigenvalue weighted by Gasteiger charge is 2.20. The molecule has 0 aliphatic rings. The molecule has 0 spiro atoms. The first-order valence-corrected chi connectivity index (χ1v) is 8.64. The molecule has 0 unspecified atom stereocenters. The lowest BCUT2D eigenvalue weighted by atomic mass is 10.1. The largest absolute Gasteiger partial charge is 0.452 e. The Hall–Kier alpha value is -3.26. The van der Waals surface area contributed by atoms with E-state index in [2.05, 4.69) is 15.5 Å². The number of nitrogens with one attached hydrogen (secondary N) is 2. The van der Waals surface area contributed by atoms with E-state index < -0.39 is 23.8 Å². The number of benzene rings is 2. The zero-order valence-electron chi connectivity index (χ0n) is 14.7. The summed E-state index contributed by atoms with van der Waals surface area (Å²) >= 11 is 5.67. The molecule has 2 N–H and O–H groups in total. The fourth-order valence-corrected chi connectivity index (χ4v) is 2.73. The average Bonchev–Trinajstić information content (AvgIpc) is 2.67. The molecule has 0 saturated carbocycles. The highest BCUT2D eigenvalue weighted by Crippen LogP contribution is 2.19. The molecule has 7 nitrogen and oxygen atoms in total. The second-order valence-electron chi connectivity index (χ2n) is 5.97. The Balaban J connectivity index is 1.66. The number of H-pyrrole nitrogens is 1. The lowest BCUT2D eigenvalue weighted by molar-refractivity contribution is -0.152. The van der Waals surface area contributed by atoms with Gasteiger partial charge < -0.3 is 10.1 Å². The third kappa shape index (κ3) is 4.34. The molecule has 0 bridgehead atoms. The summed E-state index contributed by atoms with van der Waals surface area (Å²) < 4.78 is 18.3. The number of ether oxygens (including phenoxy) is 1. The van der Waals surface area contributed by atoms with Crippen molar-refractivity contribution < 1.29 is 18.7 Å². The van der Waals surface area contributed by atoms with Gasteiger partial charge in [0.1, 0.15) is 5.82 Å². The summed E-state index contributed by atoms with van der Waals surface area (Å²) in [7, 11) is 0. The van der Waals surface area contributed by atoms with E-state index in [0.717, 1.165) is 6.07 Å². The average molecular weight is 404 g/mol. The number of esters is 1. The second-order valence-corrected chi connectivity index (χ2v) is 6.38. The molecule has 28 heavy (non-hydrogen) atoms. The van der Waals surface area contributed by atoms with Crippen molar-refractivity contribution in [1.29, 1.82) is 0 Å². The third-order valence-electron chi connectivity index (χ3n) is 3.95. The van der Waals surface area contributed by atoms with Crippen molar-refractivity contribution in [3.05, 3.63) is 69.4 Å². The van der Waals surface area contributed by atoms with Gasteiger partial charge in [-0.05, 0) is 31.2 Å². The number of nitrogens with zero attached hydrogens (tertiary/aromatic N) is 1. The Kier molecular flexibility index (Phi) is 5.70. The number of halogens is 2. The minimum atomic E-state index is -1.11. The fourth-order valence-electron chi connectivity index (χ4n) is 2.55. The summed E-state index contributed by atoms with van der Waals surface area (Å²) in [6.45, 7) is 1.40. The van der Waals surface area contributed by atoms with Crippen molar-refractivity contribution in [2.75, 3.05) is 5.32 Å². The van der Waals surface area contributed by atoms with Crippen LogP contribution >= 0.6 is 11.6 Å². The maximum Gasteiger partial charge on any atom is 0.312 e. The number of rotatable bonds is 5. The summed E-state index contributed by atoms with van der Waals surface area (Å²) in [6, 6.07) is 10.4. The standard InChI is InChI=1S/C19H15ClFN3O4/c1-10(18(26)22-11-6-7-15(21)14(20)8-11)28-17(25)9-16-12-4-2-3-5-13(12)19(27)24-23-16/h2-8,10H,9H2,1H3,(H,22,26)(H,24,27)/t10-/m1/s1. The van der Waals surface area contributed by atoms with E-state index in [0.29, 0.717) is 16.5 Å². The van der Waals surface area contributed by atoms with E-state index in [-0.39, 0.29) is 22.7 Å². The molecule has 0 saturated heterocycles. The van der Waals surface area contributed by atoms with Gasteiger partial charge in [-0.2, -0.15) is 5.10 Å². The smallest absolute Gasteiger partial charge is 0.312 e. The van der Waals surface area contributed by atoms with Crippen molar-refractivity contribution in [3.63, 3.8) is 0 Å². The summed E-state index contributed by atoms with van der Waals surface area (Å²) in [5, 5.41) is 9.50. The zero-order chi connectivity index (χ0) is 20.3. The quantitative estimate of drug-likeness (QED) is 0.638. The maximum atomic E-state index is 13.2. The third-order valence-corrected chi connectivity index (χ3v) is 4.24. The summed E-state index contributed by atoms with van der Waals surface area (Å²) in [4.78, 5) is 36.1. The van der Waals surface area contributed by atoms with Gasteiger partial charge in [-0.25, -0.2) is 9.49 Å². The van der Waals surface area contributed by atoms with Crippen molar-refractivity contribution in [1.82, 2.24) is 10.2 Å². The molecule has 0 aliphatic carbocycles. The number of carbonyl (C=O) groups excluding carboxylic acids is 2. The Morgan fingerprint density at radius 2 is 1.96 bits per heavy atom. The van der Waals surface area contributed by atoms with Crippen LogP contribution in [0.5, 0.6) is 0 Å². The van der Waals surface area contributed by atoms with Crippen LogP contribution in [0.25, 0.3) is 10.8 Å². The molecule has 0 fully saturated rings. The summed E-state index contributed by atoms with van der Waals surface area (Å²) in [5.74, 6) is -1.90. The molecule has 1 heterocycles. The van der Waals surface area contributed by atoms with E-state index in [1.165, 1.54) is 19.1 Å². The predicted molar refractivity (Wildman–Crippen MR) is 102 cm³/mol. The molecular formula is C19H15ClFN3O4. The molecular weight excluding hydrogens is 389 g/mol. The molecule has 0 radical (unpaired) electrons. The van der Waals surface area contributed by atoms with Gasteiger partial charge in [-0.1, -0.05) is 29.8 Å². The van der Waals surface area contributed by atoms with Gasteiger partial charge in [-0.15, -0.1) is 0 Å². The number of fused-ring (bicyclic) bond motifs is 1. The molecule has 1 atom stereocenters. The monoisotopic (exact) mass is 403 g/mol. The van der Waals surface area contributed by atoms with Crippen LogP contribution in [-0.2, 0) is 20.7 Å². The molecule has 0 aliphatic heterocycles. The normalized spacial score (nSPS) is 11.8. The van der Waals surface area contributed by atoms with E-state index in [1.807, 2.05) is 0 Å². The molecule has 3 aromatic rings. The zero-order valence-corrected chi connectivity index (χ0v) is 15.4. The van der Waals surface area contributed by atoms with Gasteiger partial charge >= 0.3 is 5.97 Å². The maximum absolute atomic E-state index is 13.2. The number of amides is 1. The summed E-state index contributed by atoms with van der Waals surface area (Å²) in [6.07, 6.45) is -1.33. The van der Waals surface area contributed by atoms with Gasteiger partial charge in [0.15, 0.2) is 6.10 Å². The van der Waals surface area contributed by atoms with Gasteiger partial charge in [0.05, 0.1) is 22.5 Å². The number of hydrogen-bond donors (Lipinski definition) is 2. The summed E-state index contributed by atoms with van der Waals surface area (Å²) in [5.41, 5.74) is 0.240. The Morgan fingerprint density at radius 1 is 1.25 bits per heavy atom. The number of aromatic nitrogens is 2. The van der Waals surface area contributed by atoms with Gasteiger partial charge in [0.25, 0.3) is 11.5 Å². The number of hydrogen-bond acceptors (Lipinski definition) is 5. The Morgan fingerprint density at radius 3 is 2.68 bits per heavy atom. The van der Waals surface area contributed by atoms with E-state index >= 15 is 0 Å². The van der Waals surface area contributed by atoms with Crippen LogP contribution in [0.1, 0.15) is 12.6 Å². The van der Waals surface area contributed by atoms with Gasteiger partial charge in [-0.3, -0.25) is 14.4 Å². The number of aromatic amines is 1. The van der Waals surface area contributed by atoms with Crippen LogP contribution < -0.4 is 10.9 Å². The molecule has 144 valence electrons. The van der Waals surface area contributed by atoms with Crippen molar-refractivity contribution in [3.8, 4) is 0 Å². The van der Waals surface area contributed by atoms with E-state index in [4.69, 9.17) is 16.3 Å². The highest BCUT2D eigenvalue weighted by atomic mass is 35.5. The highest BCUT2D eigenvalue weighted by molar-refractivity contribution is 6.31. The fraction of sp³-hybridized carbons (Fsp3) is 0.158. The molecule has 1 aromatic heterocycles. The van der Waals surface area contributed by atoms with E-state index in [9.17, 15) is 18.8 Å². The minimum absolute atomic E-state index is 0.140. The lowest BCUT2D eigenvalue weighted by Gasteiger charge is -2.14. The molecule has 2 aromatic carbocycles. The lowest BCUT2D eigenvalue weighted by Crippen LogP contribution is -2.30. The van der Waals surface area contributed by atoms with Crippen molar-refractivity contribution in [2.24, 2.45) is 0 Å². The Bertz CT molecular complexity index is 1120. The SMILES string of the molecule is C[C@@H](OC(=O)Cc1n[nH]c(=O)c2ccccc12)C(=O)Nc1ccc(F)c(Cl)c1. The number of carbonyl (C=O) groups is 2. The van der Waals surface area contributed by atoms with Crippen molar-refractivity contribution in [2.45, 2.75) is 19.4 Å². The minimum Gasteiger partial charge on any atom is -0.452 e. The van der Waals surface area contributed by atoms with Gasteiger partial charge in [0.2, 0.25) is 0 Å². The number of anilines is 1. The van der Waals surface area contributed by atoms with Crippen LogP contribution in [0.2, 0.25) is 5.02 Å². The van der Waals surface area contributed by atoms with Crippen LogP contribution in [0.4, 0.5) is 10.1 Å². The Labute approximate surface area is 163 Å². The van der Waals surface area contributed by atoms with Crippen LogP contribution in [-0.4, -0.2) is 28.2 Å². The molecule has 9 heteroatoms. The molecule has 1 amide bonds. The van der Waals surface area contributed by atoms with Crippen LogP contribution in [0, 0.1) is 5.82 Å². The first-order valence-electron chi connectivity index (χ1n) is 8.27. The van der Waals surface area contributed by atoms with Gasteiger partial charge in [0, 0.05) is 11.1 Å². The second kappa shape index (κ2) is 8.18. The van der Waals surface area contributed by atoms with Crippen molar-refractivity contribution >= 4 is 39.9 Å². The van der Waals surface area contributed by atoms with Crippen LogP contribution in [0.3, 0.4) is 0 Å². The predicted octanol–water partition coefficient (Wildman–Crippen LogP) is 2.83.